The van der Waals surface area contributed by atoms with Gasteiger partial charge in [-0.1, -0.05) is 11.3 Å². The first-order chi connectivity index (χ1) is 11.9. The third kappa shape index (κ3) is 4.55. The van der Waals surface area contributed by atoms with Crippen LogP contribution in [-0.2, 0) is 19.1 Å². The van der Waals surface area contributed by atoms with Crippen LogP contribution in [0.25, 0.3) is 0 Å². The molecule has 2 heterocycles. The summed E-state index contributed by atoms with van der Waals surface area (Å²) in [5, 5.41) is 3.04. The van der Waals surface area contributed by atoms with Crippen molar-refractivity contribution in [3.8, 4) is 0 Å². The second kappa shape index (κ2) is 8.39. The van der Waals surface area contributed by atoms with E-state index in [1.165, 1.54) is 0 Å². The summed E-state index contributed by atoms with van der Waals surface area (Å²) in [6.07, 6.45) is 0.162. The fraction of sp³-hybridized carbons (Fsp3) is 0.625. The second-order valence-corrected chi connectivity index (χ2v) is 6.89. The van der Waals surface area contributed by atoms with E-state index in [1.54, 1.807) is 25.9 Å². The van der Waals surface area contributed by atoms with Crippen LogP contribution in [0.15, 0.2) is 0 Å². The SMILES string of the molecule is CCOC(=O)c1sc(NC(=O)[C@H]2CC(=O)N([C@@H](C)COC)C2)nc1C. The molecular weight excluding hydrogens is 346 g/mol. The van der Waals surface area contributed by atoms with Crippen LogP contribution >= 0.6 is 11.3 Å². The zero-order valence-corrected chi connectivity index (χ0v) is 15.6. The van der Waals surface area contributed by atoms with E-state index in [9.17, 15) is 14.4 Å². The molecule has 8 nitrogen and oxygen atoms in total. The number of ether oxygens (including phenoxy) is 2. The Bertz CT molecular complexity index is 660. The highest BCUT2D eigenvalue weighted by Crippen LogP contribution is 2.26. The van der Waals surface area contributed by atoms with Gasteiger partial charge in [-0.05, 0) is 20.8 Å². The van der Waals surface area contributed by atoms with E-state index >= 15 is 0 Å². The molecule has 0 saturated carbocycles. The molecule has 1 fully saturated rings. The lowest BCUT2D eigenvalue weighted by atomic mass is 10.1. The predicted molar refractivity (Wildman–Crippen MR) is 92.6 cm³/mol. The van der Waals surface area contributed by atoms with Gasteiger partial charge in [0.25, 0.3) is 0 Å². The molecule has 0 aromatic carbocycles. The molecule has 1 N–H and O–H groups in total. The molecule has 9 heteroatoms. The highest BCUT2D eigenvalue weighted by Gasteiger charge is 2.37. The van der Waals surface area contributed by atoms with Crippen LogP contribution in [0.5, 0.6) is 0 Å². The zero-order valence-electron chi connectivity index (χ0n) is 14.8. The molecule has 25 heavy (non-hydrogen) atoms. The van der Waals surface area contributed by atoms with Gasteiger partial charge in [-0.2, -0.15) is 0 Å². The van der Waals surface area contributed by atoms with E-state index in [0.717, 1.165) is 11.3 Å². The first-order valence-electron chi connectivity index (χ1n) is 8.11. The summed E-state index contributed by atoms with van der Waals surface area (Å²) in [7, 11) is 1.58. The van der Waals surface area contributed by atoms with Gasteiger partial charge < -0.3 is 19.7 Å². The molecule has 2 rings (SSSR count). The molecule has 0 aliphatic carbocycles. The van der Waals surface area contributed by atoms with Gasteiger partial charge in [0.2, 0.25) is 11.8 Å². The van der Waals surface area contributed by atoms with E-state index in [0.29, 0.717) is 28.9 Å². The Morgan fingerprint density at radius 1 is 1.48 bits per heavy atom. The molecule has 2 atom stereocenters. The van der Waals surface area contributed by atoms with Crippen LogP contribution in [0.4, 0.5) is 5.13 Å². The van der Waals surface area contributed by atoms with Gasteiger partial charge in [-0.15, -0.1) is 0 Å². The number of nitrogens with one attached hydrogen (secondary N) is 1. The zero-order chi connectivity index (χ0) is 18.6. The van der Waals surface area contributed by atoms with Crippen molar-refractivity contribution >= 4 is 34.3 Å². The average Bonchev–Trinajstić information content (AvgIpc) is 3.11. The van der Waals surface area contributed by atoms with Crippen molar-refractivity contribution in [1.82, 2.24) is 9.88 Å². The van der Waals surface area contributed by atoms with Crippen LogP contribution in [0.3, 0.4) is 0 Å². The standard InChI is InChI=1S/C16H23N3O5S/c1-5-24-15(22)13-10(3)17-16(25-13)18-14(21)11-6-12(20)19(7-11)9(2)8-23-4/h9,11H,5-8H2,1-4H3,(H,17,18,21)/t9-,11-/m0/s1. The van der Waals surface area contributed by atoms with Crippen molar-refractivity contribution in [2.75, 3.05) is 32.2 Å². The molecule has 0 bridgehead atoms. The summed E-state index contributed by atoms with van der Waals surface area (Å²) in [6, 6.07) is -0.0761. The van der Waals surface area contributed by atoms with Crippen LogP contribution in [0.1, 0.15) is 35.6 Å². The minimum Gasteiger partial charge on any atom is -0.462 e. The van der Waals surface area contributed by atoms with Gasteiger partial charge in [-0.25, -0.2) is 9.78 Å². The highest BCUT2D eigenvalue weighted by atomic mass is 32.1. The molecule has 138 valence electrons. The van der Waals surface area contributed by atoms with Gasteiger partial charge >= 0.3 is 5.97 Å². The number of esters is 1. The number of carbonyl (C=O) groups excluding carboxylic acids is 3. The minimum absolute atomic E-state index is 0.0627. The largest absolute Gasteiger partial charge is 0.462 e. The van der Waals surface area contributed by atoms with Crippen molar-refractivity contribution < 1.29 is 23.9 Å². The Morgan fingerprint density at radius 3 is 2.84 bits per heavy atom. The average molecular weight is 369 g/mol. The minimum atomic E-state index is -0.450. The van der Waals surface area contributed by atoms with Gasteiger partial charge in [0.05, 0.1) is 30.9 Å². The van der Waals surface area contributed by atoms with Gasteiger partial charge in [-0.3, -0.25) is 9.59 Å². The number of anilines is 1. The van der Waals surface area contributed by atoms with Crippen LogP contribution in [0.2, 0.25) is 0 Å². The summed E-state index contributed by atoms with van der Waals surface area (Å²) >= 11 is 1.07. The molecule has 1 saturated heterocycles. The lowest BCUT2D eigenvalue weighted by molar-refractivity contribution is -0.130. The van der Waals surface area contributed by atoms with E-state index in [1.807, 2.05) is 6.92 Å². The Morgan fingerprint density at radius 2 is 2.20 bits per heavy atom. The van der Waals surface area contributed by atoms with Gasteiger partial charge in [0.15, 0.2) is 5.13 Å². The Kier molecular flexibility index (Phi) is 6.49. The topological polar surface area (TPSA) is 97.8 Å². The highest BCUT2D eigenvalue weighted by molar-refractivity contribution is 7.17. The number of thiazole rings is 1. The van der Waals surface area contributed by atoms with E-state index < -0.39 is 11.9 Å². The molecule has 0 unspecified atom stereocenters. The normalized spacial score (nSPS) is 18.3. The Hall–Kier alpha value is -2.00. The maximum atomic E-state index is 12.4. The number of hydrogen-bond acceptors (Lipinski definition) is 7. The van der Waals surface area contributed by atoms with Crippen LogP contribution in [-0.4, -0.2) is 60.6 Å². The number of aryl methyl sites for hydroxylation is 1. The number of hydrogen-bond donors (Lipinski definition) is 1. The van der Waals surface area contributed by atoms with Crippen molar-refractivity contribution in [2.24, 2.45) is 5.92 Å². The first kappa shape index (κ1) is 19.3. The van der Waals surface area contributed by atoms with Crippen LogP contribution < -0.4 is 5.32 Å². The monoisotopic (exact) mass is 369 g/mol. The lowest BCUT2D eigenvalue weighted by Gasteiger charge is -2.23. The first-order valence-corrected chi connectivity index (χ1v) is 8.92. The quantitative estimate of drug-likeness (QED) is 0.731. The van der Waals surface area contributed by atoms with Crippen molar-refractivity contribution in [3.05, 3.63) is 10.6 Å². The number of rotatable bonds is 7. The molecule has 0 spiro atoms. The number of amides is 2. The predicted octanol–water partition coefficient (Wildman–Crippen LogP) is 1.45. The smallest absolute Gasteiger partial charge is 0.350 e. The number of methoxy groups -OCH3 is 1. The van der Waals surface area contributed by atoms with Crippen molar-refractivity contribution in [1.29, 1.82) is 0 Å². The number of likely N-dealkylation sites (tertiary alicyclic amines) is 1. The molecular formula is C16H23N3O5S. The summed E-state index contributed by atoms with van der Waals surface area (Å²) < 4.78 is 10.0. The summed E-state index contributed by atoms with van der Waals surface area (Å²) in [5.74, 6) is -1.23. The molecule has 0 radical (unpaired) electrons. The lowest BCUT2D eigenvalue weighted by Crippen LogP contribution is -2.38. The van der Waals surface area contributed by atoms with Gasteiger partial charge in [0, 0.05) is 20.1 Å². The van der Waals surface area contributed by atoms with Gasteiger partial charge in [0.1, 0.15) is 4.88 Å². The third-order valence-electron chi connectivity index (χ3n) is 3.96. The van der Waals surface area contributed by atoms with E-state index in [-0.39, 0.29) is 30.9 Å². The van der Waals surface area contributed by atoms with Crippen LogP contribution in [0, 0.1) is 12.8 Å². The number of nitrogens with zero attached hydrogens (tertiary/aromatic N) is 2. The molecule has 1 aliphatic rings. The third-order valence-corrected chi connectivity index (χ3v) is 5.01. The summed E-state index contributed by atoms with van der Waals surface area (Å²) in [6.45, 7) is 6.35. The van der Waals surface area contributed by atoms with E-state index in [2.05, 4.69) is 10.3 Å². The molecule has 1 aromatic rings. The fourth-order valence-corrected chi connectivity index (χ4v) is 3.57. The molecule has 1 aliphatic heterocycles. The Labute approximate surface area is 150 Å². The van der Waals surface area contributed by atoms with Crippen molar-refractivity contribution in [3.63, 3.8) is 0 Å². The maximum absolute atomic E-state index is 12.4. The summed E-state index contributed by atoms with van der Waals surface area (Å²) in [5.41, 5.74) is 0.511. The second-order valence-electron chi connectivity index (χ2n) is 5.89. The molecule has 1 aromatic heterocycles. The van der Waals surface area contributed by atoms with E-state index in [4.69, 9.17) is 9.47 Å². The Balaban J connectivity index is 2.00. The summed E-state index contributed by atoms with van der Waals surface area (Å²) in [4.78, 5) is 42.6. The number of aromatic nitrogens is 1. The fourth-order valence-electron chi connectivity index (χ4n) is 2.71. The number of carbonyl (C=O) groups is 3. The van der Waals surface area contributed by atoms with Crippen molar-refractivity contribution in [2.45, 2.75) is 33.2 Å². The molecule has 2 amide bonds. The maximum Gasteiger partial charge on any atom is 0.350 e.